The van der Waals surface area contributed by atoms with E-state index in [1.54, 1.807) is 0 Å². The number of carbonyl (C=O) groups excluding carboxylic acids is 1. The number of halogens is 1. The first kappa shape index (κ1) is 16.7. The summed E-state index contributed by atoms with van der Waals surface area (Å²) in [5.74, 6) is 3.10. The van der Waals surface area contributed by atoms with Gasteiger partial charge in [-0.1, -0.05) is 26.7 Å². The maximum atomic E-state index is 11.8. The minimum absolute atomic E-state index is 0.190. The molecule has 0 aromatic heterocycles. The van der Waals surface area contributed by atoms with Crippen LogP contribution in [0.5, 0.6) is 0 Å². The molecule has 1 rings (SSSR count). The van der Waals surface area contributed by atoms with Crippen LogP contribution in [-0.4, -0.2) is 38.3 Å². The fraction of sp³-hybridized carbons (Fsp3) is 0.786. The van der Waals surface area contributed by atoms with Crippen LogP contribution in [0.3, 0.4) is 0 Å². The highest BCUT2D eigenvalue weighted by atomic mass is 79.9. The molecule has 1 saturated heterocycles. The van der Waals surface area contributed by atoms with Gasteiger partial charge in [0.05, 0.1) is 19.2 Å². The van der Waals surface area contributed by atoms with Gasteiger partial charge in [0.1, 0.15) is 0 Å². The molecule has 1 atom stereocenters. The van der Waals surface area contributed by atoms with Gasteiger partial charge in [0.2, 0.25) is 5.91 Å². The molecular formula is C14H24BrNO2Si. The van der Waals surface area contributed by atoms with E-state index >= 15 is 0 Å². The molecule has 1 amide bonds. The average molecular weight is 346 g/mol. The van der Waals surface area contributed by atoms with E-state index in [0.717, 1.165) is 6.42 Å². The van der Waals surface area contributed by atoms with Crippen molar-refractivity contribution >= 4 is 30.2 Å². The molecule has 19 heavy (non-hydrogen) atoms. The van der Waals surface area contributed by atoms with Crippen molar-refractivity contribution in [2.75, 3.05) is 13.2 Å². The number of likely N-dealkylation sites (tertiary alicyclic amines) is 1. The molecule has 1 fully saturated rings. The molecule has 0 aliphatic carbocycles. The molecule has 0 saturated carbocycles. The lowest BCUT2D eigenvalue weighted by molar-refractivity contribution is -0.128. The number of carbonyl (C=O) groups is 1. The van der Waals surface area contributed by atoms with Crippen LogP contribution in [0.2, 0.25) is 18.1 Å². The van der Waals surface area contributed by atoms with Gasteiger partial charge in [-0.15, -0.1) is 0 Å². The topological polar surface area (TPSA) is 29.5 Å². The highest BCUT2D eigenvalue weighted by Gasteiger charge is 2.39. The van der Waals surface area contributed by atoms with Crippen LogP contribution in [-0.2, 0) is 9.22 Å². The number of hydrogen-bond acceptors (Lipinski definition) is 2. The predicted molar refractivity (Wildman–Crippen MR) is 84.6 cm³/mol. The number of nitrogens with zero attached hydrogens (tertiary/aromatic N) is 1. The third-order valence-corrected chi connectivity index (χ3v) is 8.99. The van der Waals surface area contributed by atoms with Crippen molar-refractivity contribution in [1.82, 2.24) is 4.90 Å². The molecule has 108 valence electrons. The highest BCUT2D eigenvalue weighted by molar-refractivity contribution is 9.12. The Labute approximate surface area is 126 Å². The van der Waals surface area contributed by atoms with Gasteiger partial charge >= 0.3 is 0 Å². The number of hydrogen-bond donors (Lipinski definition) is 0. The van der Waals surface area contributed by atoms with Crippen molar-refractivity contribution in [3.8, 4) is 10.8 Å². The lowest BCUT2D eigenvalue weighted by Crippen LogP contribution is -2.45. The molecule has 0 bridgehead atoms. The van der Waals surface area contributed by atoms with Gasteiger partial charge in [-0.05, 0) is 29.4 Å². The van der Waals surface area contributed by atoms with Gasteiger partial charge in [-0.3, -0.25) is 4.79 Å². The van der Waals surface area contributed by atoms with Crippen LogP contribution >= 0.6 is 15.9 Å². The quantitative estimate of drug-likeness (QED) is 0.577. The maximum Gasteiger partial charge on any atom is 0.223 e. The Bertz CT molecular complexity index is 392. The zero-order chi connectivity index (χ0) is 14.7. The molecule has 0 aromatic rings. The Kier molecular flexibility index (Phi) is 5.66. The summed E-state index contributed by atoms with van der Waals surface area (Å²) < 4.78 is 6.22. The first-order valence-corrected chi connectivity index (χ1v) is 10.4. The first-order valence-electron chi connectivity index (χ1n) is 6.71. The molecule has 0 radical (unpaired) electrons. The summed E-state index contributed by atoms with van der Waals surface area (Å²) in [6.07, 6.45) is 1.51. The summed E-state index contributed by atoms with van der Waals surface area (Å²) in [5, 5.41) is 0.204. The largest absolute Gasteiger partial charge is 0.415 e. The summed E-state index contributed by atoms with van der Waals surface area (Å²) >= 11 is 3.07. The second-order valence-corrected chi connectivity index (χ2v) is 11.8. The summed E-state index contributed by atoms with van der Waals surface area (Å²) in [4.78, 5) is 16.3. The van der Waals surface area contributed by atoms with Crippen LogP contribution in [0.25, 0.3) is 0 Å². The molecule has 3 nitrogen and oxygen atoms in total. The Morgan fingerprint density at radius 3 is 2.63 bits per heavy atom. The molecule has 1 aliphatic rings. The van der Waals surface area contributed by atoms with Crippen molar-refractivity contribution < 1.29 is 9.22 Å². The Morgan fingerprint density at radius 2 is 2.11 bits per heavy atom. The molecule has 0 spiro atoms. The van der Waals surface area contributed by atoms with Crippen LogP contribution in [0, 0.1) is 10.8 Å². The van der Waals surface area contributed by atoms with Gasteiger partial charge in [0.25, 0.3) is 0 Å². The zero-order valence-corrected chi connectivity index (χ0v) is 15.1. The smallest absolute Gasteiger partial charge is 0.223 e. The Hall–Kier alpha value is -0.313. The van der Waals surface area contributed by atoms with Crippen LogP contribution in [0.1, 0.15) is 33.6 Å². The molecule has 0 unspecified atom stereocenters. The van der Waals surface area contributed by atoms with E-state index in [4.69, 9.17) is 4.43 Å². The van der Waals surface area contributed by atoms with Crippen molar-refractivity contribution in [3.63, 3.8) is 0 Å². The van der Waals surface area contributed by atoms with E-state index in [1.807, 2.05) is 4.90 Å². The monoisotopic (exact) mass is 345 g/mol. The van der Waals surface area contributed by atoms with Crippen LogP contribution in [0.15, 0.2) is 0 Å². The lowest BCUT2D eigenvalue weighted by atomic mass is 10.2. The Balaban J connectivity index is 2.61. The predicted octanol–water partition coefficient (Wildman–Crippen LogP) is 3.36. The molecule has 5 heteroatoms. The highest BCUT2D eigenvalue weighted by Crippen LogP contribution is 2.37. The molecule has 0 aromatic carbocycles. The molecule has 1 aliphatic heterocycles. The van der Waals surface area contributed by atoms with E-state index in [0.29, 0.717) is 19.6 Å². The second kappa shape index (κ2) is 6.42. The van der Waals surface area contributed by atoms with E-state index in [1.165, 1.54) is 0 Å². The Morgan fingerprint density at radius 1 is 1.47 bits per heavy atom. The molecular weight excluding hydrogens is 322 g/mol. The normalized spacial score (nSPS) is 20.4. The third kappa shape index (κ3) is 4.33. The fourth-order valence-corrected chi connectivity index (χ4v) is 2.99. The van der Waals surface area contributed by atoms with Gasteiger partial charge in [-0.25, -0.2) is 0 Å². The SMILES string of the molecule is CC(C)(C)[Si](C)(C)OC[C@@H]1CCC(=O)N1CC#CBr. The fourth-order valence-electron chi connectivity index (χ4n) is 1.82. The lowest BCUT2D eigenvalue weighted by Gasteiger charge is -2.37. The van der Waals surface area contributed by atoms with Crippen molar-refractivity contribution in [2.24, 2.45) is 0 Å². The van der Waals surface area contributed by atoms with Crippen LogP contribution < -0.4 is 0 Å². The summed E-state index contributed by atoms with van der Waals surface area (Å²) in [7, 11) is -1.74. The van der Waals surface area contributed by atoms with E-state index in [-0.39, 0.29) is 17.0 Å². The average Bonchev–Trinajstić information content (AvgIpc) is 2.63. The minimum atomic E-state index is -1.74. The number of rotatable bonds is 4. The summed E-state index contributed by atoms with van der Waals surface area (Å²) in [6, 6.07) is 0.190. The van der Waals surface area contributed by atoms with E-state index < -0.39 is 8.32 Å². The van der Waals surface area contributed by atoms with Crippen molar-refractivity contribution in [3.05, 3.63) is 0 Å². The molecule has 1 heterocycles. The minimum Gasteiger partial charge on any atom is -0.415 e. The van der Waals surface area contributed by atoms with Crippen LogP contribution in [0.4, 0.5) is 0 Å². The van der Waals surface area contributed by atoms with Crippen molar-refractivity contribution in [1.29, 1.82) is 0 Å². The molecule has 0 N–H and O–H groups in total. The van der Waals surface area contributed by atoms with Crippen molar-refractivity contribution in [2.45, 2.75) is 57.8 Å². The van der Waals surface area contributed by atoms with Gasteiger partial charge in [0, 0.05) is 22.4 Å². The number of amides is 1. The maximum absolute atomic E-state index is 11.8. The van der Waals surface area contributed by atoms with Gasteiger partial charge in [-0.2, -0.15) is 0 Å². The third-order valence-electron chi connectivity index (χ3n) is 4.21. The summed E-state index contributed by atoms with van der Waals surface area (Å²) in [5.41, 5.74) is 0. The zero-order valence-electron chi connectivity index (χ0n) is 12.5. The standard InChI is InChI=1S/C14H24BrNO2Si/c1-14(2,3)19(4,5)18-11-12-7-8-13(17)16(12)10-6-9-15/h12H,7-8,10-11H2,1-5H3/t12-/m0/s1. The summed E-state index contributed by atoms with van der Waals surface area (Å²) in [6.45, 7) is 12.3. The van der Waals surface area contributed by atoms with E-state index in [9.17, 15) is 4.79 Å². The first-order chi connectivity index (χ1) is 8.69. The van der Waals surface area contributed by atoms with Gasteiger partial charge < -0.3 is 9.33 Å². The van der Waals surface area contributed by atoms with E-state index in [2.05, 4.69) is 60.5 Å². The van der Waals surface area contributed by atoms with Gasteiger partial charge in [0.15, 0.2) is 8.32 Å². The second-order valence-electron chi connectivity index (χ2n) is 6.56.